The fourth-order valence-corrected chi connectivity index (χ4v) is 4.84. The van der Waals surface area contributed by atoms with Gasteiger partial charge < -0.3 is 0 Å². The molecule has 130 valence electrons. The summed E-state index contributed by atoms with van der Waals surface area (Å²) >= 11 is 0. The Labute approximate surface area is 149 Å². The summed E-state index contributed by atoms with van der Waals surface area (Å²) in [7, 11) is -3.65. The number of pyridine rings is 1. The lowest BCUT2D eigenvalue weighted by Gasteiger charge is -2.31. The molecule has 2 aromatic rings. The fourth-order valence-electron chi connectivity index (χ4n) is 3.28. The summed E-state index contributed by atoms with van der Waals surface area (Å²) in [4.78, 5) is 3.88. The molecule has 1 aromatic heterocycles. The zero-order valence-corrected chi connectivity index (χ0v) is 14.8. The maximum absolute atomic E-state index is 12.8. The zero-order chi connectivity index (χ0) is 17.7. The van der Waals surface area contributed by atoms with E-state index in [0.29, 0.717) is 19.0 Å². The average Bonchev–Trinajstić information content (AvgIpc) is 2.67. The number of aryl methyl sites for hydroxylation is 1. The van der Waals surface area contributed by atoms with Crippen molar-refractivity contribution in [3.8, 4) is 6.07 Å². The molecule has 5 nitrogen and oxygen atoms in total. The lowest BCUT2D eigenvalue weighted by atomic mass is 9.91. The second-order valence-electron chi connectivity index (χ2n) is 6.33. The van der Waals surface area contributed by atoms with Crippen LogP contribution in [0.15, 0.2) is 53.6 Å². The molecule has 0 bridgehead atoms. The van der Waals surface area contributed by atoms with Gasteiger partial charge in [0.2, 0.25) is 10.0 Å². The Hall–Kier alpha value is -2.23. The van der Waals surface area contributed by atoms with Crippen LogP contribution in [0, 0.1) is 17.2 Å². The van der Waals surface area contributed by atoms with Crippen molar-refractivity contribution in [2.75, 3.05) is 13.1 Å². The lowest BCUT2D eigenvalue weighted by Crippen LogP contribution is -2.38. The first-order valence-electron chi connectivity index (χ1n) is 8.50. The van der Waals surface area contributed by atoms with Crippen molar-refractivity contribution in [3.05, 3.63) is 59.9 Å². The van der Waals surface area contributed by atoms with E-state index in [2.05, 4.69) is 17.1 Å². The molecule has 6 heteroatoms. The minimum atomic E-state index is -3.65. The van der Waals surface area contributed by atoms with Gasteiger partial charge in [-0.2, -0.15) is 9.57 Å². The van der Waals surface area contributed by atoms with Crippen molar-refractivity contribution in [1.82, 2.24) is 9.29 Å². The van der Waals surface area contributed by atoms with E-state index in [-0.39, 0.29) is 10.6 Å². The number of hydrogen-bond acceptors (Lipinski definition) is 4. The van der Waals surface area contributed by atoms with Gasteiger partial charge in [0.15, 0.2) is 5.69 Å². The van der Waals surface area contributed by atoms with Crippen LogP contribution in [0.25, 0.3) is 0 Å². The number of aromatic nitrogens is 1. The van der Waals surface area contributed by atoms with E-state index in [1.165, 1.54) is 22.1 Å². The quantitative estimate of drug-likeness (QED) is 0.826. The molecule has 1 saturated heterocycles. The number of sulfonamides is 1. The fraction of sp³-hybridized carbons (Fsp3) is 0.368. The maximum atomic E-state index is 12.8. The molecule has 1 aromatic carbocycles. The van der Waals surface area contributed by atoms with Crippen LogP contribution in [0.1, 0.15) is 30.5 Å². The van der Waals surface area contributed by atoms with Crippen LogP contribution in [0.4, 0.5) is 0 Å². The molecule has 1 fully saturated rings. The summed E-state index contributed by atoms with van der Waals surface area (Å²) in [5.74, 6) is 0.538. The summed E-state index contributed by atoms with van der Waals surface area (Å²) in [5.41, 5.74) is 1.29. The number of hydrogen-bond donors (Lipinski definition) is 0. The van der Waals surface area contributed by atoms with Gasteiger partial charge in [-0.15, -0.1) is 0 Å². The van der Waals surface area contributed by atoms with E-state index < -0.39 is 10.0 Å². The molecule has 0 N–H and O–H groups in total. The predicted molar refractivity (Wildman–Crippen MR) is 95.2 cm³/mol. The molecule has 1 aliphatic rings. The van der Waals surface area contributed by atoms with Gasteiger partial charge in [-0.25, -0.2) is 13.4 Å². The predicted octanol–water partition coefficient (Wildman–Crippen LogP) is 2.99. The minimum absolute atomic E-state index is 0.0141. The molecule has 0 spiro atoms. The van der Waals surface area contributed by atoms with Crippen molar-refractivity contribution in [2.24, 2.45) is 5.92 Å². The first-order valence-corrected chi connectivity index (χ1v) is 9.94. The minimum Gasteiger partial charge on any atom is -0.244 e. The molecular weight excluding hydrogens is 334 g/mol. The van der Waals surface area contributed by atoms with E-state index in [1.54, 1.807) is 6.07 Å². The smallest absolute Gasteiger partial charge is 0.244 e. The average molecular weight is 355 g/mol. The standard InChI is InChI=1S/C19H21N3O2S/c20-15-18-19(7-4-12-21-18)25(23,24)22-13-10-17(11-14-22)9-8-16-5-2-1-3-6-16/h1-7,12,17H,8-11,13-14H2. The third-order valence-electron chi connectivity index (χ3n) is 4.75. The highest BCUT2D eigenvalue weighted by atomic mass is 32.2. The second kappa shape index (κ2) is 7.77. The van der Waals surface area contributed by atoms with Gasteiger partial charge in [0.05, 0.1) is 0 Å². The Morgan fingerprint density at radius 2 is 1.84 bits per heavy atom. The van der Waals surface area contributed by atoms with Crippen LogP contribution in [0.5, 0.6) is 0 Å². The van der Waals surface area contributed by atoms with Crippen LogP contribution in [0.2, 0.25) is 0 Å². The van der Waals surface area contributed by atoms with Crippen molar-refractivity contribution < 1.29 is 8.42 Å². The van der Waals surface area contributed by atoms with Gasteiger partial charge >= 0.3 is 0 Å². The second-order valence-corrected chi connectivity index (χ2v) is 8.24. The van der Waals surface area contributed by atoms with Crippen LogP contribution >= 0.6 is 0 Å². The molecule has 0 atom stereocenters. The highest BCUT2D eigenvalue weighted by molar-refractivity contribution is 7.89. The van der Waals surface area contributed by atoms with Crippen molar-refractivity contribution in [1.29, 1.82) is 5.26 Å². The number of benzene rings is 1. The first kappa shape index (κ1) is 17.6. The summed E-state index contributed by atoms with van der Waals surface area (Å²) in [5, 5.41) is 9.10. The Kier molecular flexibility index (Phi) is 5.47. The molecule has 0 amide bonds. The molecule has 2 heterocycles. The number of rotatable bonds is 5. The van der Waals surface area contributed by atoms with E-state index in [4.69, 9.17) is 5.26 Å². The van der Waals surface area contributed by atoms with E-state index in [0.717, 1.165) is 25.7 Å². The summed E-state index contributed by atoms with van der Waals surface area (Å²) in [6.45, 7) is 1.00. The first-order chi connectivity index (χ1) is 12.1. The van der Waals surface area contributed by atoms with Crippen LogP contribution in [0.3, 0.4) is 0 Å². The van der Waals surface area contributed by atoms with Crippen molar-refractivity contribution in [2.45, 2.75) is 30.6 Å². The van der Waals surface area contributed by atoms with Gasteiger partial charge in [-0.05, 0) is 49.3 Å². The Morgan fingerprint density at radius 1 is 1.12 bits per heavy atom. The normalized spacial score (nSPS) is 16.4. The molecular formula is C19H21N3O2S. The van der Waals surface area contributed by atoms with Crippen LogP contribution in [-0.2, 0) is 16.4 Å². The largest absolute Gasteiger partial charge is 0.245 e. The summed E-state index contributed by atoms with van der Waals surface area (Å²) in [6, 6.07) is 15.3. The van der Waals surface area contributed by atoms with Gasteiger partial charge in [-0.3, -0.25) is 0 Å². The summed E-state index contributed by atoms with van der Waals surface area (Å²) in [6.07, 6.45) is 5.25. The zero-order valence-electron chi connectivity index (χ0n) is 14.0. The molecule has 1 aliphatic heterocycles. The highest BCUT2D eigenvalue weighted by Crippen LogP contribution is 2.27. The Morgan fingerprint density at radius 3 is 2.52 bits per heavy atom. The monoisotopic (exact) mass is 355 g/mol. The topological polar surface area (TPSA) is 74.1 Å². The molecule has 0 aliphatic carbocycles. The van der Waals surface area contributed by atoms with Gasteiger partial charge in [0, 0.05) is 19.3 Å². The Bertz CT molecular complexity index is 852. The van der Waals surface area contributed by atoms with Gasteiger partial charge in [0.25, 0.3) is 0 Å². The van der Waals surface area contributed by atoms with E-state index in [9.17, 15) is 8.42 Å². The number of nitriles is 1. The third kappa shape index (κ3) is 4.06. The molecule has 0 radical (unpaired) electrons. The maximum Gasteiger partial charge on any atom is 0.245 e. The van der Waals surface area contributed by atoms with E-state index >= 15 is 0 Å². The lowest BCUT2D eigenvalue weighted by molar-refractivity contribution is 0.263. The SMILES string of the molecule is N#Cc1ncccc1S(=O)(=O)N1CCC(CCc2ccccc2)CC1. The molecule has 0 unspecified atom stereocenters. The number of nitrogens with zero attached hydrogens (tertiary/aromatic N) is 3. The Balaban J connectivity index is 1.61. The molecule has 25 heavy (non-hydrogen) atoms. The highest BCUT2D eigenvalue weighted by Gasteiger charge is 2.31. The summed E-state index contributed by atoms with van der Waals surface area (Å²) < 4.78 is 27.1. The molecule has 0 saturated carbocycles. The third-order valence-corrected chi connectivity index (χ3v) is 6.68. The number of piperidine rings is 1. The van der Waals surface area contributed by atoms with Gasteiger partial charge in [0.1, 0.15) is 11.0 Å². The van der Waals surface area contributed by atoms with Crippen molar-refractivity contribution >= 4 is 10.0 Å². The van der Waals surface area contributed by atoms with Crippen LogP contribution in [-0.4, -0.2) is 30.8 Å². The van der Waals surface area contributed by atoms with Crippen LogP contribution < -0.4 is 0 Å². The van der Waals surface area contributed by atoms with Gasteiger partial charge in [-0.1, -0.05) is 30.3 Å². The van der Waals surface area contributed by atoms with E-state index in [1.807, 2.05) is 24.3 Å². The van der Waals surface area contributed by atoms with Crippen molar-refractivity contribution in [3.63, 3.8) is 0 Å². The molecule has 3 rings (SSSR count).